The van der Waals surface area contributed by atoms with E-state index in [4.69, 9.17) is 0 Å². The number of hydrogen-bond acceptors (Lipinski definition) is 4. The van der Waals surface area contributed by atoms with Gasteiger partial charge in [-0.25, -0.2) is 0 Å². The van der Waals surface area contributed by atoms with E-state index in [0.29, 0.717) is 11.5 Å². The van der Waals surface area contributed by atoms with Crippen molar-refractivity contribution in [2.24, 2.45) is 0 Å². The van der Waals surface area contributed by atoms with E-state index in [1.165, 1.54) is 24.0 Å². The Morgan fingerprint density at radius 1 is 1.09 bits per heavy atom. The van der Waals surface area contributed by atoms with Crippen LogP contribution in [0.3, 0.4) is 0 Å². The van der Waals surface area contributed by atoms with Crippen molar-refractivity contribution in [1.29, 1.82) is 0 Å². The molecular weight excluding hydrogens is 288 g/mol. The zero-order valence-electron chi connectivity index (χ0n) is 13.6. The molecular formula is C18H22N4O. The van der Waals surface area contributed by atoms with Gasteiger partial charge in [0.05, 0.1) is 0 Å². The Bertz CT molecular complexity index is 691. The molecule has 1 aromatic heterocycles. The molecule has 1 saturated carbocycles. The van der Waals surface area contributed by atoms with Crippen molar-refractivity contribution in [2.45, 2.75) is 45.6 Å². The van der Waals surface area contributed by atoms with Crippen molar-refractivity contribution < 1.29 is 4.79 Å². The fourth-order valence-electron chi connectivity index (χ4n) is 2.87. The zero-order valence-corrected chi connectivity index (χ0v) is 13.6. The highest BCUT2D eigenvalue weighted by Crippen LogP contribution is 2.21. The Kier molecular flexibility index (Phi) is 4.55. The van der Waals surface area contributed by atoms with Gasteiger partial charge in [-0.05, 0) is 56.0 Å². The van der Waals surface area contributed by atoms with E-state index in [9.17, 15) is 4.79 Å². The molecule has 1 aliphatic carbocycles. The number of nitrogens with one attached hydrogen (secondary N) is 2. The number of carbonyl (C=O) groups is 1. The molecule has 1 aromatic carbocycles. The number of carbonyl (C=O) groups excluding carboxylic acids is 1. The number of rotatable bonds is 4. The maximum absolute atomic E-state index is 12.1. The molecule has 120 valence electrons. The lowest BCUT2D eigenvalue weighted by Crippen LogP contribution is -2.33. The lowest BCUT2D eigenvalue weighted by atomic mass is 10.1. The van der Waals surface area contributed by atoms with E-state index in [1.807, 2.05) is 12.1 Å². The minimum atomic E-state index is -0.136. The van der Waals surface area contributed by atoms with Crippen LogP contribution < -0.4 is 10.6 Å². The largest absolute Gasteiger partial charge is 0.348 e. The molecule has 2 aromatic rings. The number of benzene rings is 1. The van der Waals surface area contributed by atoms with Gasteiger partial charge >= 0.3 is 0 Å². The molecule has 2 N–H and O–H groups in total. The molecule has 0 atom stereocenters. The second kappa shape index (κ2) is 6.77. The van der Waals surface area contributed by atoms with Crippen LogP contribution in [0.15, 0.2) is 30.3 Å². The Morgan fingerprint density at radius 2 is 1.87 bits per heavy atom. The minimum Gasteiger partial charge on any atom is -0.348 e. The van der Waals surface area contributed by atoms with Crippen molar-refractivity contribution in [1.82, 2.24) is 15.5 Å². The summed E-state index contributed by atoms with van der Waals surface area (Å²) >= 11 is 0. The molecule has 0 aliphatic heterocycles. The first-order chi connectivity index (χ1) is 11.1. The highest BCUT2D eigenvalue weighted by molar-refractivity contribution is 5.92. The topological polar surface area (TPSA) is 66.9 Å². The van der Waals surface area contributed by atoms with E-state index in [0.717, 1.165) is 18.5 Å². The van der Waals surface area contributed by atoms with Crippen LogP contribution >= 0.6 is 0 Å². The summed E-state index contributed by atoms with van der Waals surface area (Å²) in [6.45, 7) is 4.14. The minimum absolute atomic E-state index is 0.136. The molecule has 1 amide bonds. The van der Waals surface area contributed by atoms with Gasteiger partial charge in [0.25, 0.3) is 5.91 Å². The quantitative estimate of drug-likeness (QED) is 0.907. The number of aryl methyl sites for hydroxylation is 1. The highest BCUT2D eigenvalue weighted by Gasteiger charge is 2.18. The summed E-state index contributed by atoms with van der Waals surface area (Å²) in [6, 6.07) is 9.87. The molecule has 1 aliphatic rings. The van der Waals surface area contributed by atoms with E-state index in [2.05, 4.69) is 40.7 Å². The average molecular weight is 310 g/mol. The molecule has 1 heterocycles. The monoisotopic (exact) mass is 310 g/mol. The molecule has 0 bridgehead atoms. The maximum Gasteiger partial charge on any atom is 0.272 e. The standard InChI is InChI=1S/C18H22N4O/c1-12-6-5-9-15(13(12)2)20-17-11-10-16(21-22-17)18(23)19-14-7-3-4-8-14/h5-6,9-11,14H,3-4,7-8H2,1-2H3,(H,19,23)(H,20,22). The van der Waals surface area contributed by atoms with Crippen LogP contribution in [-0.2, 0) is 0 Å². The number of amides is 1. The van der Waals surface area contributed by atoms with Crippen molar-refractivity contribution in [3.63, 3.8) is 0 Å². The van der Waals surface area contributed by atoms with Gasteiger partial charge in [-0.2, -0.15) is 0 Å². The predicted octanol–water partition coefficient (Wildman–Crippen LogP) is 3.51. The average Bonchev–Trinajstić information content (AvgIpc) is 3.05. The fourth-order valence-corrected chi connectivity index (χ4v) is 2.87. The molecule has 0 spiro atoms. The molecule has 23 heavy (non-hydrogen) atoms. The summed E-state index contributed by atoms with van der Waals surface area (Å²) in [5.74, 6) is 0.499. The van der Waals surface area contributed by atoms with Crippen LogP contribution in [0, 0.1) is 13.8 Å². The Balaban J connectivity index is 1.66. The van der Waals surface area contributed by atoms with E-state index in [1.54, 1.807) is 12.1 Å². The number of nitrogens with zero attached hydrogens (tertiary/aromatic N) is 2. The number of aromatic nitrogens is 2. The summed E-state index contributed by atoms with van der Waals surface area (Å²) < 4.78 is 0. The molecule has 3 rings (SSSR count). The molecule has 0 radical (unpaired) electrons. The van der Waals surface area contributed by atoms with Crippen molar-refractivity contribution in [3.05, 3.63) is 47.2 Å². The Labute approximate surface area is 136 Å². The van der Waals surface area contributed by atoms with Crippen LogP contribution in [0.5, 0.6) is 0 Å². The lowest BCUT2D eigenvalue weighted by Gasteiger charge is -2.12. The molecule has 0 unspecified atom stereocenters. The van der Waals surface area contributed by atoms with Crippen LogP contribution in [0.25, 0.3) is 0 Å². The first kappa shape index (κ1) is 15.5. The summed E-state index contributed by atoms with van der Waals surface area (Å²) in [6.07, 6.45) is 4.50. The van der Waals surface area contributed by atoms with E-state index < -0.39 is 0 Å². The Hall–Kier alpha value is -2.43. The van der Waals surface area contributed by atoms with Gasteiger partial charge in [-0.3, -0.25) is 4.79 Å². The Morgan fingerprint density at radius 3 is 2.57 bits per heavy atom. The fraction of sp³-hybridized carbons (Fsp3) is 0.389. The predicted molar refractivity (Wildman–Crippen MR) is 91.0 cm³/mol. The highest BCUT2D eigenvalue weighted by atomic mass is 16.2. The second-order valence-corrected chi connectivity index (χ2v) is 6.13. The molecule has 5 heteroatoms. The first-order valence-corrected chi connectivity index (χ1v) is 8.11. The van der Waals surface area contributed by atoms with E-state index >= 15 is 0 Å². The van der Waals surface area contributed by atoms with Crippen molar-refractivity contribution >= 4 is 17.4 Å². The zero-order chi connectivity index (χ0) is 16.2. The third kappa shape index (κ3) is 3.67. The van der Waals surface area contributed by atoms with Crippen LogP contribution in [0.4, 0.5) is 11.5 Å². The van der Waals surface area contributed by atoms with Gasteiger partial charge in [0, 0.05) is 11.7 Å². The van der Waals surface area contributed by atoms with Gasteiger partial charge in [0.2, 0.25) is 0 Å². The van der Waals surface area contributed by atoms with Crippen molar-refractivity contribution in [3.8, 4) is 0 Å². The third-order valence-electron chi connectivity index (χ3n) is 4.45. The van der Waals surface area contributed by atoms with Crippen molar-refractivity contribution in [2.75, 3.05) is 5.32 Å². The maximum atomic E-state index is 12.1. The van der Waals surface area contributed by atoms with Gasteiger partial charge in [-0.1, -0.05) is 25.0 Å². The lowest BCUT2D eigenvalue weighted by molar-refractivity contribution is 0.0932. The summed E-state index contributed by atoms with van der Waals surface area (Å²) in [5.41, 5.74) is 3.76. The SMILES string of the molecule is Cc1cccc(Nc2ccc(C(=O)NC3CCCC3)nn2)c1C. The summed E-state index contributed by atoms with van der Waals surface area (Å²) in [5, 5.41) is 14.4. The van der Waals surface area contributed by atoms with Crippen LogP contribution in [-0.4, -0.2) is 22.1 Å². The third-order valence-corrected chi connectivity index (χ3v) is 4.45. The second-order valence-electron chi connectivity index (χ2n) is 6.13. The van der Waals surface area contributed by atoms with Gasteiger partial charge in [0.1, 0.15) is 0 Å². The number of hydrogen-bond donors (Lipinski definition) is 2. The van der Waals surface area contributed by atoms with Crippen LogP contribution in [0.1, 0.15) is 47.3 Å². The first-order valence-electron chi connectivity index (χ1n) is 8.11. The van der Waals surface area contributed by atoms with Gasteiger partial charge in [0.15, 0.2) is 11.5 Å². The van der Waals surface area contributed by atoms with E-state index in [-0.39, 0.29) is 11.9 Å². The van der Waals surface area contributed by atoms with Crippen LogP contribution in [0.2, 0.25) is 0 Å². The molecule has 0 saturated heterocycles. The summed E-state index contributed by atoms with van der Waals surface area (Å²) in [7, 11) is 0. The number of anilines is 2. The molecule has 1 fully saturated rings. The summed E-state index contributed by atoms with van der Waals surface area (Å²) in [4.78, 5) is 12.1. The smallest absolute Gasteiger partial charge is 0.272 e. The molecule has 5 nitrogen and oxygen atoms in total. The normalized spacial score (nSPS) is 14.7. The van der Waals surface area contributed by atoms with Gasteiger partial charge in [-0.15, -0.1) is 10.2 Å². The van der Waals surface area contributed by atoms with Gasteiger partial charge < -0.3 is 10.6 Å².